The summed E-state index contributed by atoms with van der Waals surface area (Å²) in [5.74, 6) is 0.253. The number of hydrogen-bond acceptors (Lipinski definition) is 9. The Kier molecular flexibility index (Phi) is 5.92. The molecule has 2 amide bonds. The summed E-state index contributed by atoms with van der Waals surface area (Å²) in [4.78, 5) is 32.9. The van der Waals surface area contributed by atoms with Crippen molar-refractivity contribution in [2.24, 2.45) is 0 Å². The van der Waals surface area contributed by atoms with Crippen molar-refractivity contribution in [1.29, 1.82) is 0 Å². The number of rotatable bonds is 7. The third-order valence-corrected chi connectivity index (χ3v) is 4.60. The number of carbonyl (C=O) groups excluding carboxylic acids is 2. The lowest BCUT2D eigenvalue weighted by Gasteiger charge is -2.14. The van der Waals surface area contributed by atoms with Crippen molar-refractivity contribution in [1.82, 2.24) is 46.4 Å². The Balaban J connectivity index is 1.38. The Morgan fingerprint density at radius 1 is 1.09 bits per heavy atom. The maximum Gasteiger partial charge on any atom is 0.270 e. The molecule has 0 saturated carbocycles. The first-order valence-electron chi connectivity index (χ1n) is 9.66. The molecule has 12 heteroatoms. The number of nitrogens with one attached hydrogen (secondary N) is 3. The highest BCUT2D eigenvalue weighted by Crippen LogP contribution is 2.18. The molecule has 0 saturated heterocycles. The van der Waals surface area contributed by atoms with Crippen molar-refractivity contribution >= 4 is 11.8 Å². The molecule has 0 fully saturated rings. The fourth-order valence-corrected chi connectivity index (χ4v) is 2.93. The topological polar surface area (TPSA) is 164 Å². The quantitative estimate of drug-likeness (QED) is 0.390. The molecule has 3 N–H and O–H groups in total. The smallest absolute Gasteiger partial charge is 0.270 e. The summed E-state index contributed by atoms with van der Waals surface area (Å²) < 4.78 is 4.96. The zero-order valence-electron chi connectivity index (χ0n) is 17.2. The number of hydrogen-bond donors (Lipinski definition) is 3. The predicted molar refractivity (Wildman–Crippen MR) is 110 cm³/mol. The highest BCUT2D eigenvalue weighted by molar-refractivity contribution is 5.97. The summed E-state index contributed by atoms with van der Waals surface area (Å²) in [6.45, 7) is 3.78. The van der Waals surface area contributed by atoms with Gasteiger partial charge in [-0.1, -0.05) is 29.4 Å². The molecule has 0 unspecified atom stereocenters. The molecule has 0 aliphatic rings. The molecule has 4 rings (SSSR count). The van der Waals surface area contributed by atoms with E-state index in [1.54, 1.807) is 13.0 Å². The molecule has 0 spiro atoms. The molecular formula is C20H19N9O3. The fourth-order valence-electron chi connectivity index (χ4n) is 2.93. The predicted octanol–water partition coefficient (Wildman–Crippen LogP) is 1.37. The number of carbonyl (C=O) groups is 2. The number of amides is 2. The second-order valence-corrected chi connectivity index (χ2v) is 6.95. The zero-order valence-corrected chi connectivity index (χ0v) is 17.2. The lowest BCUT2D eigenvalue weighted by Crippen LogP contribution is -2.29. The Bertz CT molecular complexity index is 1220. The van der Waals surface area contributed by atoms with Crippen molar-refractivity contribution < 1.29 is 14.1 Å². The van der Waals surface area contributed by atoms with Crippen LogP contribution in [0.5, 0.6) is 0 Å². The molecular weight excluding hydrogens is 414 g/mol. The summed E-state index contributed by atoms with van der Waals surface area (Å²) in [6.07, 6.45) is 1.18. The van der Waals surface area contributed by atoms with Crippen LogP contribution in [-0.4, -0.2) is 47.6 Å². The monoisotopic (exact) mass is 433 g/mol. The lowest BCUT2D eigenvalue weighted by molar-refractivity contribution is 0.0934. The highest BCUT2D eigenvalue weighted by atomic mass is 16.5. The molecule has 0 bridgehead atoms. The van der Waals surface area contributed by atoms with E-state index in [-0.39, 0.29) is 24.0 Å². The standard InChI is InChI=1S/C20H19N9O3/c1-11-7-15(27-32-11)9-21-19(30)16-8-17(23-10-22-16)20(31)24-12(2)13-3-5-14(6-4-13)18-25-28-29-26-18/h3-8,10,12H,9H2,1-2H3,(H,21,30)(H,24,31)(H,25,26,28,29)/t12-/m0/s1. The average molecular weight is 433 g/mol. The molecule has 1 atom stereocenters. The maximum atomic E-state index is 12.7. The number of aryl methyl sites for hydroxylation is 1. The van der Waals surface area contributed by atoms with Crippen LogP contribution < -0.4 is 10.6 Å². The molecule has 3 heterocycles. The van der Waals surface area contributed by atoms with E-state index in [1.165, 1.54) is 12.4 Å². The van der Waals surface area contributed by atoms with Crippen molar-refractivity contribution in [3.63, 3.8) is 0 Å². The number of aromatic nitrogens is 7. The first-order valence-corrected chi connectivity index (χ1v) is 9.66. The van der Waals surface area contributed by atoms with E-state index >= 15 is 0 Å². The number of aromatic amines is 1. The third-order valence-electron chi connectivity index (χ3n) is 4.60. The van der Waals surface area contributed by atoms with Gasteiger partial charge in [-0.3, -0.25) is 9.59 Å². The Morgan fingerprint density at radius 3 is 2.50 bits per heavy atom. The molecule has 3 aromatic heterocycles. The summed E-state index contributed by atoms with van der Waals surface area (Å²) in [5.41, 5.74) is 2.41. The van der Waals surface area contributed by atoms with Gasteiger partial charge in [-0.2, -0.15) is 5.21 Å². The van der Waals surface area contributed by atoms with Crippen LogP contribution in [0.25, 0.3) is 11.4 Å². The second kappa shape index (κ2) is 9.12. The minimum atomic E-state index is -0.452. The lowest BCUT2D eigenvalue weighted by atomic mass is 10.1. The van der Waals surface area contributed by atoms with Gasteiger partial charge in [-0.05, 0) is 24.6 Å². The van der Waals surface area contributed by atoms with E-state index in [0.29, 0.717) is 17.3 Å². The van der Waals surface area contributed by atoms with Gasteiger partial charge in [-0.15, -0.1) is 10.2 Å². The van der Waals surface area contributed by atoms with Crippen LogP contribution in [0.3, 0.4) is 0 Å². The molecule has 12 nitrogen and oxygen atoms in total. The molecule has 32 heavy (non-hydrogen) atoms. The fraction of sp³-hybridized carbons (Fsp3) is 0.200. The Hall–Kier alpha value is -4.48. The normalized spacial score (nSPS) is 11.7. The van der Waals surface area contributed by atoms with E-state index in [1.807, 2.05) is 31.2 Å². The van der Waals surface area contributed by atoms with Gasteiger partial charge in [0.1, 0.15) is 29.2 Å². The summed E-state index contributed by atoms with van der Waals surface area (Å²) >= 11 is 0. The minimum Gasteiger partial charge on any atom is -0.361 e. The van der Waals surface area contributed by atoms with Gasteiger partial charge in [0.2, 0.25) is 5.82 Å². The van der Waals surface area contributed by atoms with Crippen LogP contribution in [0.15, 0.2) is 47.2 Å². The summed E-state index contributed by atoms with van der Waals surface area (Å²) in [6, 6.07) is 10.2. The maximum absolute atomic E-state index is 12.7. The van der Waals surface area contributed by atoms with Crippen molar-refractivity contribution in [3.05, 3.63) is 71.1 Å². The van der Waals surface area contributed by atoms with Crippen molar-refractivity contribution in [2.45, 2.75) is 26.4 Å². The first kappa shape index (κ1) is 20.8. The first-order chi connectivity index (χ1) is 15.5. The number of benzene rings is 1. The van der Waals surface area contributed by atoms with Crippen LogP contribution in [0.4, 0.5) is 0 Å². The van der Waals surface area contributed by atoms with Gasteiger partial charge >= 0.3 is 0 Å². The van der Waals surface area contributed by atoms with Gasteiger partial charge in [0.05, 0.1) is 12.6 Å². The van der Waals surface area contributed by atoms with Crippen LogP contribution >= 0.6 is 0 Å². The number of H-pyrrole nitrogens is 1. The molecule has 4 aromatic rings. The van der Waals surface area contributed by atoms with Crippen molar-refractivity contribution in [2.75, 3.05) is 0 Å². The SMILES string of the molecule is Cc1cc(CNC(=O)c2cc(C(=O)N[C@@H](C)c3ccc(-c4nn[nH]n4)cc3)ncn2)no1. The van der Waals surface area contributed by atoms with Crippen LogP contribution in [-0.2, 0) is 6.54 Å². The van der Waals surface area contributed by atoms with E-state index in [0.717, 1.165) is 11.1 Å². The van der Waals surface area contributed by atoms with Gasteiger partial charge in [0.15, 0.2) is 0 Å². The molecule has 0 aliphatic heterocycles. The van der Waals surface area contributed by atoms with E-state index in [9.17, 15) is 9.59 Å². The van der Waals surface area contributed by atoms with E-state index < -0.39 is 11.8 Å². The largest absolute Gasteiger partial charge is 0.361 e. The number of tetrazole rings is 1. The molecule has 0 radical (unpaired) electrons. The average Bonchev–Trinajstić information content (AvgIpc) is 3.49. The van der Waals surface area contributed by atoms with Gasteiger partial charge < -0.3 is 15.2 Å². The minimum absolute atomic E-state index is 0.0717. The van der Waals surface area contributed by atoms with Crippen molar-refractivity contribution in [3.8, 4) is 11.4 Å². The highest BCUT2D eigenvalue weighted by Gasteiger charge is 2.16. The van der Waals surface area contributed by atoms with Gasteiger partial charge in [-0.25, -0.2) is 9.97 Å². The second-order valence-electron chi connectivity index (χ2n) is 6.95. The van der Waals surface area contributed by atoms with Crippen LogP contribution in [0.1, 0.15) is 51.0 Å². The zero-order chi connectivity index (χ0) is 22.5. The van der Waals surface area contributed by atoms with Gasteiger partial charge in [0, 0.05) is 17.7 Å². The Labute approximate surface area is 181 Å². The molecule has 162 valence electrons. The third kappa shape index (κ3) is 4.80. The van der Waals surface area contributed by atoms with E-state index in [4.69, 9.17) is 4.52 Å². The van der Waals surface area contributed by atoms with Gasteiger partial charge in [0.25, 0.3) is 11.8 Å². The Morgan fingerprint density at radius 2 is 1.84 bits per heavy atom. The van der Waals surface area contributed by atoms with Crippen LogP contribution in [0.2, 0.25) is 0 Å². The summed E-state index contributed by atoms with van der Waals surface area (Å²) in [5, 5.41) is 23.1. The molecule has 1 aromatic carbocycles. The summed E-state index contributed by atoms with van der Waals surface area (Å²) in [7, 11) is 0. The number of nitrogens with zero attached hydrogens (tertiary/aromatic N) is 6. The van der Waals surface area contributed by atoms with E-state index in [2.05, 4.69) is 46.4 Å². The molecule has 0 aliphatic carbocycles. The van der Waals surface area contributed by atoms with Crippen LogP contribution in [0, 0.1) is 6.92 Å².